The van der Waals surface area contributed by atoms with Crippen LogP contribution >= 0.6 is 0 Å². The topological polar surface area (TPSA) is 82.3 Å². The summed E-state index contributed by atoms with van der Waals surface area (Å²) in [5.74, 6) is 6.53. The summed E-state index contributed by atoms with van der Waals surface area (Å²) >= 11 is 0. The van der Waals surface area contributed by atoms with E-state index in [-0.39, 0.29) is 12.1 Å². The van der Waals surface area contributed by atoms with E-state index in [2.05, 4.69) is 22.3 Å². The van der Waals surface area contributed by atoms with Crippen molar-refractivity contribution < 1.29 is 9.47 Å². The van der Waals surface area contributed by atoms with E-state index in [1.807, 2.05) is 0 Å². The number of rotatable bonds is 4. The second-order valence-electron chi connectivity index (χ2n) is 4.20. The summed E-state index contributed by atoms with van der Waals surface area (Å²) in [6.45, 7) is 2.90. The Hall–Kier alpha value is -1.24. The molecule has 6 nitrogen and oxygen atoms in total. The minimum absolute atomic E-state index is 0.00519. The van der Waals surface area contributed by atoms with E-state index < -0.39 is 0 Å². The van der Waals surface area contributed by atoms with Crippen molar-refractivity contribution in [3.8, 4) is 5.88 Å². The molecule has 2 rings (SSSR count). The van der Waals surface area contributed by atoms with E-state index in [0.29, 0.717) is 17.5 Å². The lowest BCUT2D eigenvalue weighted by atomic mass is 9.96. The first-order valence-corrected chi connectivity index (χ1v) is 5.70. The summed E-state index contributed by atoms with van der Waals surface area (Å²) in [5, 5.41) is 0. The van der Waals surface area contributed by atoms with Gasteiger partial charge in [0.05, 0.1) is 19.3 Å². The SMILES string of the molecule is COc1nccnc1C(NN)C1OCCC1C. The van der Waals surface area contributed by atoms with Crippen LogP contribution in [0.5, 0.6) is 5.88 Å². The number of nitrogens with two attached hydrogens (primary N) is 1. The second kappa shape index (κ2) is 5.39. The number of nitrogens with zero attached hydrogens (tertiary/aromatic N) is 2. The first-order chi connectivity index (χ1) is 8.27. The summed E-state index contributed by atoms with van der Waals surface area (Å²) in [7, 11) is 1.57. The molecule has 6 heteroatoms. The Morgan fingerprint density at radius 3 is 2.88 bits per heavy atom. The zero-order valence-electron chi connectivity index (χ0n) is 10.1. The van der Waals surface area contributed by atoms with Crippen LogP contribution < -0.4 is 16.0 Å². The number of hydrogen-bond donors (Lipinski definition) is 2. The van der Waals surface area contributed by atoms with Gasteiger partial charge in [-0.2, -0.15) is 0 Å². The van der Waals surface area contributed by atoms with Crippen LogP contribution in [0.3, 0.4) is 0 Å². The lowest BCUT2D eigenvalue weighted by Crippen LogP contribution is -2.39. The fourth-order valence-electron chi connectivity index (χ4n) is 2.18. The lowest BCUT2D eigenvalue weighted by molar-refractivity contribution is 0.0583. The maximum Gasteiger partial charge on any atom is 0.237 e. The van der Waals surface area contributed by atoms with Crippen molar-refractivity contribution in [3.63, 3.8) is 0 Å². The van der Waals surface area contributed by atoms with Crippen LogP contribution in [-0.2, 0) is 4.74 Å². The quantitative estimate of drug-likeness (QED) is 0.584. The number of methoxy groups -OCH3 is 1. The average Bonchev–Trinajstić information content (AvgIpc) is 2.78. The Balaban J connectivity index is 2.28. The minimum Gasteiger partial charge on any atom is -0.480 e. The predicted octanol–water partition coefficient (Wildman–Crippen LogP) is 0.415. The van der Waals surface area contributed by atoms with Gasteiger partial charge in [-0.25, -0.2) is 10.4 Å². The van der Waals surface area contributed by atoms with Gasteiger partial charge in [-0.15, -0.1) is 0 Å². The van der Waals surface area contributed by atoms with Crippen molar-refractivity contribution in [3.05, 3.63) is 18.1 Å². The van der Waals surface area contributed by atoms with Crippen molar-refractivity contribution in [2.75, 3.05) is 13.7 Å². The lowest BCUT2D eigenvalue weighted by Gasteiger charge is -2.25. The molecule has 1 aliphatic heterocycles. The van der Waals surface area contributed by atoms with Crippen LogP contribution in [0, 0.1) is 5.92 Å². The highest BCUT2D eigenvalue weighted by Gasteiger charge is 2.35. The van der Waals surface area contributed by atoms with Crippen LogP contribution in [0.15, 0.2) is 12.4 Å². The minimum atomic E-state index is -0.198. The molecule has 0 aromatic carbocycles. The van der Waals surface area contributed by atoms with Gasteiger partial charge < -0.3 is 9.47 Å². The van der Waals surface area contributed by atoms with Gasteiger partial charge in [0.25, 0.3) is 0 Å². The van der Waals surface area contributed by atoms with Gasteiger partial charge in [0.2, 0.25) is 5.88 Å². The second-order valence-corrected chi connectivity index (χ2v) is 4.20. The number of ether oxygens (including phenoxy) is 2. The van der Waals surface area contributed by atoms with Crippen molar-refractivity contribution in [2.24, 2.45) is 11.8 Å². The van der Waals surface area contributed by atoms with Gasteiger partial charge in [0.1, 0.15) is 5.69 Å². The zero-order valence-corrected chi connectivity index (χ0v) is 10.1. The average molecular weight is 238 g/mol. The maximum absolute atomic E-state index is 5.71. The van der Waals surface area contributed by atoms with Gasteiger partial charge in [-0.3, -0.25) is 10.8 Å². The van der Waals surface area contributed by atoms with Crippen LogP contribution in [0.25, 0.3) is 0 Å². The van der Waals surface area contributed by atoms with E-state index in [1.165, 1.54) is 0 Å². The molecule has 0 aliphatic carbocycles. The van der Waals surface area contributed by atoms with Gasteiger partial charge in [-0.05, 0) is 12.3 Å². The Morgan fingerprint density at radius 1 is 1.53 bits per heavy atom. The predicted molar refractivity (Wildman–Crippen MR) is 62.2 cm³/mol. The smallest absolute Gasteiger partial charge is 0.237 e. The number of hydrazine groups is 1. The summed E-state index contributed by atoms with van der Waals surface area (Å²) < 4.78 is 10.9. The molecule has 94 valence electrons. The molecule has 1 aliphatic rings. The number of aromatic nitrogens is 2. The monoisotopic (exact) mass is 238 g/mol. The molecule has 0 amide bonds. The first kappa shape index (κ1) is 12.2. The van der Waals surface area contributed by atoms with Crippen LogP contribution in [0.4, 0.5) is 0 Å². The largest absolute Gasteiger partial charge is 0.480 e. The van der Waals surface area contributed by atoms with Gasteiger partial charge in [0, 0.05) is 19.0 Å². The van der Waals surface area contributed by atoms with E-state index in [0.717, 1.165) is 13.0 Å². The summed E-state index contributed by atoms with van der Waals surface area (Å²) in [6.07, 6.45) is 4.26. The molecule has 3 unspecified atom stereocenters. The van der Waals surface area contributed by atoms with Gasteiger partial charge in [-0.1, -0.05) is 6.92 Å². The molecule has 3 N–H and O–H groups in total. The third-order valence-electron chi connectivity index (χ3n) is 3.13. The third kappa shape index (κ3) is 2.38. The molecule has 1 fully saturated rings. The third-order valence-corrected chi connectivity index (χ3v) is 3.13. The molecule has 0 spiro atoms. The standard InChI is InChI=1S/C11H18N4O2/c1-7-3-6-17-10(7)8(15-12)9-11(16-2)14-5-4-13-9/h4-5,7-8,10,15H,3,6,12H2,1-2H3. The Labute approximate surface area is 101 Å². The fraction of sp³-hybridized carbons (Fsp3) is 0.636. The highest BCUT2D eigenvalue weighted by molar-refractivity contribution is 5.22. The highest BCUT2D eigenvalue weighted by Crippen LogP contribution is 2.32. The van der Waals surface area contributed by atoms with E-state index in [9.17, 15) is 0 Å². The van der Waals surface area contributed by atoms with Crippen molar-refractivity contribution >= 4 is 0 Å². The summed E-state index contributed by atoms with van der Waals surface area (Å²) in [4.78, 5) is 8.42. The molecule has 1 aromatic heterocycles. The fourth-order valence-corrected chi connectivity index (χ4v) is 2.18. The van der Waals surface area contributed by atoms with Gasteiger partial charge in [0.15, 0.2) is 0 Å². The highest BCUT2D eigenvalue weighted by atomic mass is 16.5. The molecule has 1 aromatic rings. The molecule has 1 saturated heterocycles. The van der Waals surface area contributed by atoms with E-state index in [4.69, 9.17) is 15.3 Å². The number of nitrogens with one attached hydrogen (secondary N) is 1. The molecule has 17 heavy (non-hydrogen) atoms. The first-order valence-electron chi connectivity index (χ1n) is 5.70. The number of hydrogen-bond acceptors (Lipinski definition) is 6. The van der Waals surface area contributed by atoms with Crippen LogP contribution in [0.1, 0.15) is 25.1 Å². The van der Waals surface area contributed by atoms with Crippen molar-refractivity contribution in [1.82, 2.24) is 15.4 Å². The Bertz CT molecular complexity index is 374. The molecule has 2 heterocycles. The van der Waals surface area contributed by atoms with Crippen molar-refractivity contribution in [2.45, 2.75) is 25.5 Å². The Morgan fingerprint density at radius 2 is 2.29 bits per heavy atom. The molecular formula is C11H18N4O2. The van der Waals surface area contributed by atoms with Crippen molar-refractivity contribution in [1.29, 1.82) is 0 Å². The Kier molecular flexibility index (Phi) is 3.88. The zero-order chi connectivity index (χ0) is 12.3. The summed E-state index contributed by atoms with van der Waals surface area (Å²) in [5.41, 5.74) is 3.45. The molecular weight excluding hydrogens is 220 g/mol. The van der Waals surface area contributed by atoms with Gasteiger partial charge >= 0.3 is 0 Å². The maximum atomic E-state index is 5.71. The molecule has 0 radical (unpaired) electrons. The van der Waals surface area contributed by atoms with Crippen LogP contribution in [-0.4, -0.2) is 29.8 Å². The van der Waals surface area contributed by atoms with E-state index >= 15 is 0 Å². The molecule has 3 atom stereocenters. The normalized spacial score (nSPS) is 25.8. The summed E-state index contributed by atoms with van der Waals surface area (Å²) in [6, 6.07) is -0.198. The van der Waals surface area contributed by atoms with E-state index in [1.54, 1.807) is 19.5 Å². The molecule has 0 saturated carbocycles. The molecule has 0 bridgehead atoms. The van der Waals surface area contributed by atoms with Crippen LogP contribution in [0.2, 0.25) is 0 Å².